The monoisotopic (exact) mass is 234 g/mol. The Labute approximate surface area is 101 Å². The molecule has 5 heteroatoms. The van der Waals surface area contributed by atoms with E-state index in [0.29, 0.717) is 11.6 Å². The number of rotatable bonds is 3. The molecule has 1 aromatic rings. The van der Waals surface area contributed by atoms with E-state index >= 15 is 0 Å². The molecule has 0 unspecified atom stereocenters. The summed E-state index contributed by atoms with van der Waals surface area (Å²) in [5.74, 6) is 0.488. The van der Waals surface area contributed by atoms with Crippen LogP contribution in [0, 0.1) is 0 Å². The van der Waals surface area contributed by atoms with E-state index in [9.17, 15) is 4.79 Å². The normalized spacial score (nSPS) is 17.1. The zero-order chi connectivity index (χ0) is 12.3. The Morgan fingerprint density at radius 2 is 2.18 bits per heavy atom. The second kappa shape index (κ2) is 5.14. The van der Waals surface area contributed by atoms with Crippen LogP contribution in [-0.4, -0.2) is 37.1 Å². The van der Waals surface area contributed by atoms with E-state index < -0.39 is 5.91 Å². The van der Waals surface area contributed by atoms with Crippen LogP contribution in [0.5, 0.6) is 0 Å². The molecule has 17 heavy (non-hydrogen) atoms. The highest BCUT2D eigenvalue weighted by molar-refractivity contribution is 5.92. The van der Waals surface area contributed by atoms with E-state index in [4.69, 9.17) is 5.73 Å². The van der Waals surface area contributed by atoms with Gasteiger partial charge in [0.1, 0.15) is 5.82 Å². The Hall–Kier alpha value is -1.62. The first kappa shape index (κ1) is 11.9. The molecule has 0 aromatic carbocycles. The number of anilines is 1. The molecular formula is C12H18N4O. The van der Waals surface area contributed by atoms with Crippen LogP contribution < -0.4 is 16.0 Å². The lowest BCUT2D eigenvalue weighted by Crippen LogP contribution is -2.41. The summed E-state index contributed by atoms with van der Waals surface area (Å²) >= 11 is 0. The number of primary amides is 1. The first-order chi connectivity index (χ1) is 8.20. The Morgan fingerprint density at radius 1 is 1.47 bits per heavy atom. The molecule has 1 saturated heterocycles. The minimum Gasteiger partial charge on any atom is -0.366 e. The quantitative estimate of drug-likeness (QED) is 0.792. The number of nitrogens with one attached hydrogen (secondary N) is 1. The van der Waals surface area contributed by atoms with E-state index in [1.165, 1.54) is 0 Å². The van der Waals surface area contributed by atoms with Crippen molar-refractivity contribution in [3.8, 4) is 0 Å². The highest BCUT2D eigenvalue weighted by Crippen LogP contribution is 2.17. The van der Waals surface area contributed by atoms with E-state index in [1.54, 1.807) is 12.3 Å². The summed E-state index contributed by atoms with van der Waals surface area (Å²) in [7, 11) is 2.00. The van der Waals surface area contributed by atoms with Crippen LogP contribution in [0.3, 0.4) is 0 Å². The number of hydrogen-bond donors (Lipinski definition) is 2. The minimum absolute atomic E-state index is 0.432. The van der Waals surface area contributed by atoms with E-state index in [2.05, 4.69) is 15.2 Å². The molecule has 0 atom stereocenters. The Kier molecular flexibility index (Phi) is 3.58. The molecule has 2 heterocycles. The summed E-state index contributed by atoms with van der Waals surface area (Å²) in [6, 6.07) is 4.20. The highest BCUT2D eigenvalue weighted by atomic mass is 16.1. The van der Waals surface area contributed by atoms with Gasteiger partial charge in [0, 0.05) is 25.3 Å². The molecule has 1 aromatic heterocycles. The summed E-state index contributed by atoms with van der Waals surface area (Å²) in [5, 5.41) is 3.29. The van der Waals surface area contributed by atoms with Gasteiger partial charge in [0.05, 0.1) is 5.56 Å². The van der Waals surface area contributed by atoms with E-state index in [-0.39, 0.29) is 0 Å². The number of aromatic nitrogens is 1. The molecule has 3 N–H and O–H groups in total. The number of piperidine rings is 1. The number of nitrogens with zero attached hydrogens (tertiary/aromatic N) is 2. The van der Waals surface area contributed by atoms with Gasteiger partial charge < -0.3 is 16.0 Å². The van der Waals surface area contributed by atoms with Crippen LogP contribution >= 0.6 is 0 Å². The van der Waals surface area contributed by atoms with Gasteiger partial charge in [-0.3, -0.25) is 4.79 Å². The lowest BCUT2D eigenvalue weighted by atomic mass is 10.1. The van der Waals surface area contributed by atoms with Crippen molar-refractivity contribution >= 4 is 11.7 Å². The molecule has 1 fully saturated rings. The molecule has 0 aliphatic carbocycles. The largest absolute Gasteiger partial charge is 0.366 e. The van der Waals surface area contributed by atoms with Crippen molar-refractivity contribution in [2.45, 2.75) is 18.9 Å². The zero-order valence-electron chi connectivity index (χ0n) is 10.0. The van der Waals surface area contributed by atoms with Gasteiger partial charge in [0.2, 0.25) is 5.91 Å². The van der Waals surface area contributed by atoms with Gasteiger partial charge in [-0.05, 0) is 32.0 Å². The van der Waals surface area contributed by atoms with Crippen molar-refractivity contribution in [2.24, 2.45) is 5.73 Å². The fourth-order valence-electron chi connectivity index (χ4n) is 2.12. The molecule has 0 spiro atoms. The van der Waals surface area contributed by atoms with Crippen molar-refractivity contribution in [1.29, 1.82) is 0 Å². The van der Waals surface area contributed by atoms with Gasteiger partial charge in [0.25, 0.3) is 0 Å². The van der Waals surface area contributed by atoms with Crippen LogP contribution in [0.4, 0.5) is 5.82 Å². The number of nitrogens with two attached hydrogens (primary N) is 1. The van der Waals surface area contributed by atoms with Crippen molar-refractivity contribution in [2.75, 3.05) is 25.0 Å². The summed E-state index contributed by atoms with van der Waals surface area (Å²) in [6.07, 6.45) is 3.79. The lowest BCUT2D eigenvalue weighted by molar-refractivity contribution is 0.1000. The van der Waals surface area contributed by atoms with Crippen molar-refractivity contribution in [1.82, 2.24) is 10.3 Å². The summed E-state index contributed by atoms with van der Waals surface area (Å²) < 4.78 is 0. The van der Waals surface area contributed by atoms with E-state index in [1.807, 2.05) is 13.1 Å². The smallest absolute Gasteiger partial charge is 0.250 e. The van der Waals surface area contributed by atoms with Crippen LogP contribution in [0.25, 0.3) is 0 Å². The first-order valence-corrected chi connectivity index (χ1v) is 5.89. The minimum atomic E-state index is -0.432. The van der Waals surface area contributed by atoms with Gasteiger partial charge in [-0.25, -0.2) is 4.98 Å². The summed E-state index contributed by atoms with van der Waals surface area (Å²) in [5.41, 5.74) is 5.63. The van der Waals surface area contributed by atoms with Crippen LogP contribution in [-0.2, 0) is 0 Å². The molecule has 0 bridgehead atoms. The number of hydrogen-bond acceptors (Lipinski definition) is 4. The van der Waals surface area contributed by atoms with Crippen molar-refractivity contribution in [3.63, 3.8) is 0 Å². The van der Waals surface area contributed by atoms with Crippen molar-refractivity contribution < 1.29 is 4.79 Å². The molecule has 2 rings (SSSR count). The number of pyridine rings is 1. The van der Waals surface area contributed by atoms with Gasteiger partial charge in [-0.2, -0.15) is 0 Å². The third kappa shape index (κ3) is 2.74. The van der Waals surface area contributed by atoms with Gasteiger partial charge in [-0.15, -0.1) is 0 Å². The molecule has 1 aliphatic heterocycles. The first-order valence-electron chi connectivity index (χ1n) is 5.89. The Morgan fingerprint density at radius 3 is 2.65 bits per heavy atom. The number of carbonyl (C=O) groups is 1. The van der Waals surface area contributed by atoms with Crippen molar-refractivity contribution in [3.05, 3.63) is 23.9 Å². The maximum absolute atomic E-state index is 10.9. The molecule has 92 valence electrons. The van der Waals surface area contributed by atoms with Gasteiger partial charge >= 0.3 is 0 Å². The molecule has 0 radical (unpaired) electrons. The maximum Gasteiger partial charge on any atom is 0.250 e. The van der Waals surface area contributed by atoms with E-state index in [0.717, 1.165) is 31.7 Å². The van der Waals surface area contributed by atoms with Crippen LogP contribution in [0.1, 0.15) is 23.2 Å². The van der Waals surface area contributed by atoms with Gasteiger partial charge in [-0.1, -0.05) is 0 Å². The molecule has 1 amide bonds. The Bertz CT molecular complexity index is 382. The molecule has 1 aliphatic rings. The van der Waals surface area contributed by atoms with Crippen LogP contribution in [0.15, 0.2) is 18.3 Å². The third-order valence-corrected chi connectivity index (χ3v) is 3.26. The summed E-state index contributed by atoms with van der Waals surface area (Å²) in [6.45, 7) is 1.99. The second-order valence-electron chi connectivity index (χ2n) is 4.32. The number of amides is 1. The topological polar surface area (TPSA) is 71.2 Å². The molecule has 0 saturated carbocycles. The van der Waals surface area contributed by atoms with Crippen LogP contribution in [0.2, 0.25) is 0 Å². The maximum atomic E-state index is 10.9. The predicted octanol–water partition coefficient (Wildman–Crippen LogP) is 0.369. The standard InChI is InChI=1S/C12H18N4O/c1-14-10-4-6-16(7-5-10)11-3-2-9(8-15-11)12(13)17/h2-3,8,10,14H,4-7H2,1H3,(H2,13,17). The average Bonchev–Trinajstić information content (AvgIpc) is 2.39. The number of carbonyl (C=O) groups excluding carboxylic acids is 1. The zero-order valence-corrected chi connectivity index (χ0v) is 10.0. The second-order valence-corrected chi connectivity index (χ2v) is 4.32. The molecular weight excluding hydrogens is 216 g/mol. The SMILES string of the molecule is CNC1CCN(c2ccc(C(N)=O)cn2)CC1. The predicted molar refractivity (Wildman–Crippen MR) is 67.0 cm³/mol. The average molecular weight is 234 g/mol. The summed E-state index contributed by atoms with van der Waals surface area (Å²) in [4.78, 5) is 17.4. The highest BCUT2D eigenvalue weighted by Gasteiger charge is 2.18. The van der Waals surface area contributed by atoms with Gasteiger partial charge in [0.15, 0.2) is 0 Å². The fourth-order valence-corrected chi connectivity index (χ4v) is 2.12. The Balaban J connectivity index is 2.01. The third-order valence-electron chi connectivity index (χ3n) is 3.26. The fraction of sp³-hybridized carbons (Fsp3) is 0.500. The molecule has 5 nitrogen and oxygen atoms in total. The lowest BCUT2D eigenvalue weighted by Gasteiger charge is -2.32.